The molecule has 29 heavy (non-hydrogen) atoms. The van der Waals surface area contributed by atoms with E-state index in [0.29, 0.717) is 6.54 Å². The Morgan fingerprint density at radius 2 is 1.79 bits per heavy atom. The zero-order chi connectivity index (χ0) is 21.0. The molecule has 152 valence electrons. The number of carboxylic acid groups (broad SMARTS) is 1. The third-order valence-electron chi connectivity index (χ3n) is 5.97. The summed E-state index contributed by atoms with van der Waals surface area (Å²) in [5.41, 5.74) is 3.04. The molecule has 2 amide bonds. The number of benzene rings is 2. The van der Waals surface area contributed by atoms with Crippen molar-refractivity contribution >= 4 is 17.7 Å². The van der Waals surface area contributed by atoms with Crippen LogP contribution < -0.4 is 9.64 Å². The highest BCUT2D eigenvalue weighted by Crippen LogP contribution is 2.51. The fourth-order valence-electron chi connectivity index (χ4n) is 4.47. The lowest BCUT2D eigenvalue weighted by atomic mass is 9.69. The lowest BCUT2D eigenvalue weighted by molar-refractivity contribution is -0.128. The molecular weight excluding hydrogens is 368 g/mol. The van der Waals surface area contributed by atoms with E-state index in [9.17, 15) is 14.7 Å². The maximum atomic E-state index is 13.6. The van der Waals surface area contributed by atoms with Crippen molar-refractivity contribution in [3.63, 3.8) is 0 Å². The number of anilines is 1. The second-order valence-corrected chi connectivity index (χ2v) is 8.91. The average molecular weight is 394 g/mol. The van der Waals surface area contributed by atoms with E-state index in [1.54, 1.807) is 7.11 Å². The van der Waals surface area contributed by atoms with Crippen LogP contribution in [0, 0.1) is 0 Å². The fourth-order valence-corrected chi connectivity index (χ4v) is 4.47. The monoisotopic (exact) mass is 394 g/mol. The van der Waals surface area contributed by atoms with Crippen LogP contribution in [0.25, 0.3) is 0 Å². The number of methoxy groups -OCH3 is 1. The Balaban J connectivity index is 1.78. The molecule has 0 saturated carbocycles. The van der Waals surface area contributed by atoms with Crippen LogP contribution in [0.5, 0.6) is 5.75 Å². The smallest absolute Gasteiger partial charge is 0.407 e. The first-order valence-corrected chi connectivity index (χ1v) is 9.74. The molecule has 0 bridgehead atoms. The molecule has 0 aromatic heterocycles. The number of nitrogens with zero attached hydrogens (tertiary/aromatic N) is 2. The maximum Gasteiger partial charge on any atom is 0.407 e. The molecule has 2 aromatic rings. The zero-order valence-electron chi connectivity index (χ0n) is 17.2. The van der Waals surface area contributed by atoms with Gasteiger partial charge in [0.15, 0.2) is 0 Å². The van der Waals surface area contributed by atoms with Crippen molar-refractivity contribution in [2.75, 3.05) is 25.1 Å². The second-order valence-electron chi connectivity index (χ2n) is 8.91. The summed E-state index contributed by atoms with van der Waals surface area (Å²) < 4.78 is 5.22. The minimum atomic E-state index is -0.980. The highest BCUT2D eigenvalue weighted by Gasteiger charge is 2.60. The van der Waals surface area contributed by atoms with Gasteiger partial charge in [0, 0.05) is 18.8 Å². The van der Waals surface area contributed by atoms with Gasteiger partial charge in [-0.1, -0.05) is 45.0 Å². The first-order chi connectivity index (χ1) is 13.7. The van der Waals surface area contributed by atoms with Crippen molar-refractivity contribution < 1.29 is 19.4 Å². The van der Waals surface area contributed by atoms with Crippen molar-refractivity contribution in [3.8, 4) is 5.75 Å². The molecule has 2 aliphatic heterocycles. The third-order valence-corrected chi connectivity index (χ3v) is 5.97. The summed E-state index contributed by atoms with van der Waals surface area (Å²) >= 11 is 0. The van der Waals surface area contributed by atoms with Crippen molar-refractivity contribution in [1.82, 2.24) is 4.90 Å². The Morgan fingerprint density at radius 1 is 1.14 bits per heavy atom. The Kier molecular flexibility index (Phi) is 4.33. The Morgan fingerprint density at radius 3 is 2.34 bits per heavy atom. The molecule has 1 spiro atoms. The summed E-state index contributed by atoms with van der Waals surface area (Å²) in [4.78, 5) is 28.2. The molecule has 4 rings (SSSR count). The van der Waals surface area contributed by atoms with Crippen LogP contribution in [0.15, 0.2) is 42.5 Å². The number of fused-ring (bicyclic) bond motifs is 2. The number of amides is 2. The SMILES string of the molecule is COc1ccc(CN2C(=O)C3(CN(C(=O)O)C3)c3c2cccc3C(C)(C)C)cc1. The molecule has 1 saturated heterocycles. The first kappa shape index (κ1) is 19.3. The number of carbonyl (C=O) groups excluding carboxylic acids is 1. The molecule has 0 radical (unpaired) electrons. The Labute approximate surface area is 170 Å². The minimum Gasteiger partial charge on any atom is -0.497 e. The van der Waals surface area contributed by atoms with Gasteiger partial charge < -0.3 is 19.6 Å². The molecule has 2 aromatic carbocycles. The molecule has 6 nitrogen and oxygen atoms in total. The Hall–Kier alpha value is -3.02. The first-order valence-electron chi connectivity index (χ1n) is 9.74. The number of hydrogen-bond donors (Lipinski definition) is 1. The lowest BCUT2D eigenvalue weighted by Gasteiger charge is -2.46. The van der Waals surface area contributed by atoms with E-state index in [1.165, 1.54) is 4.90 Å². The predicted molar refractivity (Wildman–Crippen MR) is 111 cm³/mol. The largest absolute Gasteiger partial charge is 0.497 e. The van der Waals surface area contributed by atoms with Gasteiger partial charge in [-0.05, 0) is 40.3 Å². The second kappa shape index (κ2) is 6.51. The quantitative estimate of drug-likeness (QED) is 0.860. The highest BCUT2D eigenvalue weighted by molar-refractivity contribution is 6.10. The van der Waals surface area contributed by atoms with Gasteiger partial charge in [-0.15, -0.1) is 0 Å². The molecule has 0 unspecified atom stereocenters. The summed E-state index contributed by atoms with van der Waals surface area (Å²) in [7, 11) is 1.62. The maximum absolute atomic E-state index is 13.6. The van der Waals surface area contributed by atoms with E-state index < -0.39 is 11.5 Å². The number of rotatable bonds is 3. The molecule has 1 N–H and O–H groups in total. The van der Waals surface area contributed by atoms with Crippen LogP contribution in [0.3, 0.4) is 0 Å². The normalized spacial score (nSPS) is 17.3. The van der Waals surface area contributed by atoms with Gasteiger partial charge in [0.1, 0.15) is 11.2 Å². The van der Waals surface area contributed by atoms with E-state index in [1.807, 2.05) is 41.3 Å². The number of likely N-dealkylation sites (tertiary alicyclic amines) is 1. The van der Waals surface area contributed by atoms with Gasteiger partial charge >= 0.3 is 6.09 Å². The van der Waals surface area contributed by atoms with E-state index in [4.69, 9.17) is 4.74 Å². The lowest BCUT2D eigenvalue weighted by Crippen LogP contribution is -2.65. The standard InChI is InChI=1S/C23H26N2O4/c1-22(2,3)17-6-5-7-18-19(17)23(13-24(14-23)21(27)28)20(26)25(18)12-15-8-10-16(29-4)11-9-15/h5-11H,12-14H2,1-4H3,(H,27,28). The van der Waals surface area contributed by atoms with Crippen molar-refractivity contribution in [2.45, 2.75) is 38.1 Å². The van der Waals surface area contributed by atoms with E-state index in [0.717, 1.165) is 28.1 Å². The molecular formula is C23H26N2O4. The van der Waals surface area contributed by atoms with Crippen LogP contribution in [0.1, 0.15) is 37.5 Å². The van der Waals surface area contributed by atoms with Crippen molar-refractivity contribution in [3.05, 3.63) is 59.2 Å². The van der Waals surface area contributed by atoms with Crippen LogP contribution in [0.2, 0.25) is 0 Å². The van der Waals surface area contributed by atoms with Gasteiger partial charge in [0.2, 0.25) is 5.91 Å². The number of ether oxygens (including phenoxy) is 1. The van der Waals surface area contributed by atoms with Crippen molar-refractivity contribution in [2.24, 2.45) is 0 Å². The van der Waals surface area contributed by atoms with Crippen LogP contribution in [-0.4, -0.2) is 42.2 Å². The Bertz CT molecular complexity index is 969. The summed E-state index contributed by atoms with van der Waals surface area (Å²) in [6.07, 6.45) is -0.980. The molecule has 0 atom stereocenters. The summed E-state index contributed by atoms with van der Waals surface area (Å²) in [5.74, 6) is 0.752. The number of carbonyl (C=O) groups is 2. The van der Waals surface area contributed by atoms with Crippen molar-refractivity contribution in [1.29, 1.82) is 0 Å². The van der Waals surface area contributed by atoms with Gasteiger partial charge in [-0.2, -0.15) is 0 Å². The molecule has 2 heterocycles. The molecule has 0 aliphatic carbocycles. The molecule has 1 fully saturated rings. The van der Waals surface area contributed by atoms with Gasteiger partial charge in [0.25, 0.3) is 0 Å². The predicted octanol–water partition coefficient (Wildman–Crippen LogP) is 3.77. The van der Waals surface area contributed by atoms with Crippen LogP contribution >= 0.6 is 0 Å². The third kappa shape index (κ3) is 2.94. The summed E-state index contributed by atoms with van der Waals surface area (Å²) in [6, 6.07) is 13.7. The summed E-state index contributed by atoms with van der Waals surface area (Å²) in [5, 5.41) is 9.38. The molecule has 6 heteroatoms. The average Bonchev–Trinajstić information content (AvgIpc) is 2.88. The fraction of sp³-hybridized carbons (Fsp3) is 0.391. The van der Waals surface area contributed by atoms with Gasteiger partial charge in [-0.25, -0.2) is 4.79 Å². The summed E-state index contributed by atoms with van der Waals surface area (Å²) in [6.45, 7) is 7.24. The van der Waals surface area contributed by atoms with Gasteiger partial charge in [-0.3, -0.25) is 4.79 Å². The number of hydrogen-bond acceptors (Lipinski definition) is 3. The van der Waals surface area contributed by atoms with Crippen LogP contribution in [-0.2, 0) is 22.2 Å². The van der Waals surface area contributed by atoms with E-state index in [2.05, 4.69) is 26.8 Å². The van der Waals surface area contributed by atoms with Gasteiger partial charge in [0.05, 0.1) is 13.7 Å². The zero-order valence-corrected chi connectivity index (χ0v) is 17.2. The van der Waals surface area contributed by atoms with E-state index >= 15 is 0 Å². The van der Waals surface area contributed by atoms with Crippen LogP contribution in [0.4, 0.5) is 10.5 Å². The highest BCUT2D eigenvalue weighted by atomic mass is 16.5. The minimum absolute atomic E-state index is 0.0162. The van der Waals surface area contributed by atoms with E-state index in [-0.39, 0.29) is 24.4 Å². The molecule has 2 aliphatic rings. The topological polar surface area (TPSA) is 70.1 Å².